The molecule has 1 heterocycles. The van der Waals surface area contributed by atoms with Crippen molar-refractivity contribution >= 4 is 21.9 Å². The molecule has 0 aliphatic carbocycles. The van der Waals surface area contributed by atoms with E-state index in [2.05, 4.69) is 21.1 Å². The van der Waals surface area contributed by atoms with Gasteiger partial charge in [-0.15, -0.1) is 0 Å². The van der Waals surface area contributed by atoms with Gasteiger partial charge in [0.05, 0.1) is 5.56 Å². The zero-order valence-corrected chi connectivity index (χ0v) is 9.98. The standard InChI is InChI=1S/C11H8BrNO3/c1-6-3-2-4-7(5-6)8-9(11(14)15)16-13-10(8)12/h2-5H,1H3,(H,14,15). The van der Waals surface area contributed by atoms with E-state index in [1.54, 1.807) is 0 Å². The Morgan fingerprint density at radius 1 is 1.50 bits per heavy atom. The van der Waals surface area contributed by atoms with Crippen molar-refractivity contribution in [2.45, 2.75) is 6.92 Å². The predicted molar refractivity (Wildman–Crippen MR) is 61.3 cm³/mol. The Kier molecular flexibility index (Phi) is 2.78. The number of aromatic nitrogens is 1. The molecule has 0 fully saturated rings. The summed E-state index contributed by atoms with van der Waals surface area (Å²) in [4.78, 5) is 10.9. The van der Waals surface area contributed by atoms with Gasteiger partial charge in [-0.05, 0) is 28.4 Å². The van der Waals surface area contributed by atoms with Crippen LogP contribution in [0.15, 0.2) is 33.4 Å². The van der Waals surface area contributed by atoms with Crippen LogP contribution in [0.2, 0.25) is 0 Å². The second-order valence-corrected chi connectivity index (χ2v) is 4.10. The minimum absolute atomic E-state index is 0.155. The van der Waals surface area contributed by atoms with E-state index in [4.69, 9.17) is 9.63 Å². The molecule has 16 heavy (non-hydrogen) atoms. The van der Waals surface area contributed by atoms with E-state index >= 15 is 0 Å². The van der Waals surface area contributed by atoms with Crippen molar-refractivity contribution in [1.82, 2.24) is 5.16 Å². The van der Waals surface area contributed by atoms with Gasteiger partial charge in [0.1, 0.15) is 0 Å². The van der Waals surface area contributed by atoms with Gasteiger partial charge in [0, 0.05) is 0 Å². The molecule has 1 aromatic carbocycles. The van der Waals surface area contributed by atoms with Gasteiger partial charge in [-0.3, -0.25) is 0 Å². The first kappa shape index (κ1) is 10.9. The summed E-state index contributed by atoms with van der Waals surface area (Å²) in [5, 5.41) is 12.6. The maximum atomic E-state index is 10.9. The zero-order chi connectivity index (χ0) is 11.7. The SMILES string of the molecule is Cc1cccc(-c2c(Br)noc2C(=O)O)c1. The lowest BCUT2D eigenvalue weighted by Crippen LogP contribution is -1.96. The second kappa shape index (κ2) is 4.09. The van der Waals surface area contributed by atoms with Crippen LogP contribution in [0, 0.1) is 6.92 Å². The maximum absolute atomic E-state index is 10.9. The Bertz CT molecular complexity index is 548. The van der Waals surface area contributed by atoms with Crippen LogP contribution in [0.4, 0.5) is 0 Å². The first-order chi connectivity index (χ1) is 7.59. The molecule has 0 radical (unpaired) electrons. The number of benzene rings is 1. The number of hydrogen-bond acceptors (Lipinski definition) is 3. The highest BCUT2D eigenvalue weighted by Crippen LogP contribution is 2.31. The van der Waals surface area contributed by atoms with E-state index in [1.807, 2.05) is 31.2 Å². The third kappa shape index (κ3) is 1.86. The highest BCUT2D eigenvalue weighted by atomic mass is 79.9. The fourth-order valence-electron chi connectivity index (χ4n) is 1.47. The molecule has 0 amide bonds. The summed E-state index contributed by atoms with van der Waals surface area (Å²) in [5.74, 6) is -1.29. The van der Waals surface area contributed by atoms with Crippen molar-refractivity contribution in [3.8, 4) is 11.1 Å². The van der Waals surface area contributed by atoms with Crippen LogP contribution in [-0.2, 0) is 0 Å². The third-order valence-electron chi connectivity index (χ3n) is 2.15. The first-order valence-corrected chi connectivity index (χ1v) is 5.34. The van der Waals surface area contributed by atoms with Crippen molar-refractivity contribution in [2.75, 3.05) is 0 Å². The second-order valence-electron chi connectivity index (χ2n) is 3.35. The van der Waals surface area contributed by atoms with E-state index in [9.17, 15) is 4.79 Å². The van der Waals surface area contributed by atoms with Crippen LogP contribution in [0.3, 0.4) is 0 Å². The van der Waals surface area contributed by atoms with E-state index in [0.717, 1.165) is 11.1 Å². The molecule has 5 heteroatoms. The van der Waals surface area contributed by atoms with Crippen molar-refractivity contribution in [2.24, 2.45) is 0 Å². The number of nitrogens with zero attached hydrogens (tertiary/aromatic N) is 1. The van der Waals surface area contributed by atoms with E-state index in [0.29, 0.717) is 10.2 Å². The lowest BCUT2D eigenvalue weighted by Gasteiger charge is -2.00. The van der Waals surface area contributed by atoms with Crippen molar-refractivity contribution in [1.29, 1.82) is 0 Å². The molecular formula is C11H8BrNO3. The monoisotopic (exact) mass is 281 g/mol. The number of halogens is 1. The number of aromatic carboxylic acids is 1. The molecule has 0 aliphatic heterocycles. The van der Waals surface area contributed by atoms with Crippen molar-refractivity contribution < 1.29 is 14.4 Å². The number of carboxylic acids is 1. The highest BCUT2D eigenvalue weighted by Gasteiger charge is 2.21. The Balaban J connectivity index is 2.63. The first-order valence-electron chi connectivity index (χ1n) is 4.55. The highest BCUT2D eigenvalue weighted by molar-refractivity contribution is 9.10. The van der Waals surface area contributed by atoms with Crippen LogP contribution in [0.5, 0.6) is 0 Å². The lowest BCUT2D eigenvalue weighted by molar-refractivity contribution is 0.0653. The van der Waals surface area contributed by atoms with Gasteiger partial charge in [-0.1, -0.05) is 35.0 Å². The molecule has 0 bridgehead atoms. The molecule has 1 N–H and O–H groups in total. The van der Waals surface area contributed by atoms with Crippen LogP contribution in [-0.4, -0.2) is 16.2 Å². The normalized spacial score (nSPS) is 10.4. The lowest BCUT2D eigenvalue weighted by atomic mass is 10.0. The Morgan fingerprint density at radius 3 is 2.88 bits per heavy atom. The van der Waals surface area contributed by atoms with E-state index in [-0.39, 0.29) is 5.76 Å². The summed E-state index contributed by atoms with van der Waals surface area (Å²) in [6.45, 7) is 1.94. The van der Waals surface area contributed by atoms with Gasteiger partial charge in [0.15, 0.2) is 4.60 Å². The van der Waals surface area contributed by atoms with Crippen LogP contribution < -0.4 is 0 Å². The van der Waals surface area contributed by atoms with Crippen LogP contribution in [0.25, 0.3) is 11.1 Å². The Labute approximate surface area is 100 Å². The molecule has 2 aromatic rings. The number of carboxylic acid groups (broad SMARTS) is 1. The predicted octanol–water partition coefficient (Wildman–Crippen LogP) is 3.11. The van der Waals surface area contributed by atoms with Gasteiger partial charge in [-0.2, -0.15) is 0 Å². The minimum atomic E-state index is -1.13. The fraction of sp³-hybridized carbons (Fsp3) is 0.0909. The summed E-state index contributed by atoms with van der Waals surface area (Å²) < 4.78 is 5.15. The zero-order valence-electron chi connectivity index (χ0n) is 8.40. The molecule has 0 spiro atoms. The molecular weight excluding hydrogens is 274 g/mol. The van der Waals surface area contributed by atoms with E-state index in [1.165, 1.54) is 0 Å². The van der Waals surface area contributed by atoms with Crippen molar-refractivity contribution in [3.05, 3.63) is 40.2 Å². The summed E-state index contributed by atoms with van der Waals surface area (Å²) in [5.41, 5.74) is 2.28. The molecule has 1 aromatic heterocycles. The third-order valence-corrected chi connectivity index (χ3v) is 2.69. The maximum Gasteiger partial charge on any atom is 0.375 e. The molecule has 0 unspecified atom stereocenters. The van der Waals surface area contributed by atoms with Crippen molar-refractivity contribution in [3.63, 3.8) is 0 Å². The average molecular weight is 282 g/mol. The molecule has 0 saturated carbocycles. The topological polar surface area (TPSA) is 63.3 Å². The Morgan fingerprint density at radius 2 is 2.25 bits per heavy atom. The van der Waals surface area contributed by atoms with Gasteiger partial charge in [-0.25, -0.2) is 4.79 Å². The van der Waals surface area contributed by atoms with Crippen LogP contribution >= 0.6 is 15.9 Å². The molecule has 0 aliphatic rings. The smallest absolute Gasteiger partial charge is 0.375 e. The molecule has 0 atom stereocenters. The van der Waals surface area contributed by atoms with Gasteiger partial charge < -0.3 is 9.63 Å². The summed E-state index contributed by atoms with van der Waals surface area (Å²) in [7, 11) is 0. The van der Waals surface area contributed by atoms with Gasteiger partial charge in [0.2, 0.25) is 0 Å². The quantitative estimate of drug-likeness (QED) is 0.919. The number of carbonyl (C=O) groups is 1. The number of hydrogen-bond donors (Lipinski definition) is 1. The van der Waals surface area contributed by atoms with E-state index < -0.39 is 5.97 Å². The average Bonchev–Trinajstić information content (AvgIpc) is 2.60. The van der Waals surface area contributed by atoms with Gasteiger partial charge in [0.25, 0.3) is 5.76 Å². The fourth-order valence-corrected chi connectivity index (χ4v) is 1.95. The molecule has 82 valence electrons. The molecule has 2 rings (SSSR count). The summed E-state index contributed by atoms with van der Waals surface area (Å²) in [6, 6.07) is 7.49. The molecule has 4 nitrogen and oxygen atoms in total. The van der Waals surface area contributed by atoms with Crippen LogP contribution in [0.1, 0.15) is 16.1 Å². The Hall–Kier alpha value is -1.62. The summed E-state index contributed by atoms with van der Waals surface area (Å²) in [6.07, 6.45) is 0. The van der Waals surface area contributed by atoms with Gasteiger partial charge >= 0.3 is 5.97 Å². The number of aryl methyl sites for hydroxylation is 1. The summed E-state index contributed by atoms with van der Waals surface area (Å²) >= 11 is 3.18. The molecule has 0 saturated heterocycles. The largest absolute Gasteiger partial charge is 0.475 e. The number of rotatable bonds is 2. The minimum Gasteiger partial charge on any atom is -0.475 e.